The number of hydrogen-bond acceptors (Lipinski definition) is 4. The molecule has 0 aromatic heterocycles. The molecule has 0 saturated heterocycles. The third-order valence-electron chi connectivity index (χ3n) is 2.28. The lowest BCUT2D eigenvalue weighted by Crippen LogP contribution is -2.43. The van der Waals surface area contributed by atoms with Crippen LogP contribution in [-0.4, -0.2) is 51.5 Å². The fourth-order valence-corrected chi connectivity index (χ4v) is 1.44. The molecule has 15 heavy (non-hydrogen) atoms. The first kappa shape index (κ1) is 14.8. The van der Waals surface area contributed by atoms with Crippen molar-refractivity contribution in [3.63, 3.8) is 0 Å². The molecule has 0 rings (SSSR count). The third kappa shape index (κ3) is 6.84. The Morgan fingerprint density at radius 1 is 1.20 bits per heavy atom. The molecule has 0 aliphatic rings. The van der Waals surface area contributed by atoms with E-state index in [1.165, 1.54) is 6.17 Å². The van der Waals surface area contributed by atoms with Gasteiger partial charge >= 0.3 is 0 Å². The van der Waals surface area contributed by atoms with Crippen molar-refractivity contribution in [1.82, 2.24) is 10.2 Å². The first-order valence-corrected chi connectivity index (χ1v) is 5.45. The smallest absolute Gasteiger partial charge is 0.101 e. The molecule has 91 valence electrons. The summed E-state index contributed by atoms with van der Waals surface area (Å²) in [6.07, 6.45) is 1.18. The normalized spacial score (nSPS) is 12.0. The van der Waals surface area contributed by atoms with Crippen molar-refractivity contribution in [3.8, 4) is 0 Å². The zero-order valence-corrected chi connectivity index (χ0v) is 10.7. The van der Waals surface area contributed by atoms with Crippen molar-refractivity contribution in [2.24, 2.45) is 0 Å². The van der Waals surface area contributed by atoms with Gasteiger partial charge in [-0.3, -0.25) is 10.2 Å². The Bertz CT molecular complexity index is 143. The quantitative estimate of drug-likeness (QED) is 0.586. The SMILES string of the molecule is COCCN[C](C)N(CCOC)C(C)C. The highest BCUT2D eigenvalue weighted by Gasteiger charge is 2.16. The van der Waals surface area contributed by atoms with Gasteiger partial charge in [-0.25, -0.2) is 0 Å². The van der Waals surface area contributed by atoms with Crippen molar-refractivity contribution in [2.45, 2.75) is 26.8 Å². The molecule has 0 aliphatic heterocycles. The molecule has 0 spiro atoms. The molecular weight excluding hydrogens is 192 g/mol. The van der Waals surface area contributed by atoms with Crippen molar-refractivity contribution >= 4 is 0 Å². The molecule has 0 atom stereocenters. The van der Waals surface area contributed by atoms with Gasteiger partial charge in [0.1, 0.15) is 6.17 Å². The Labute approximate surface area is 93.9 Å². The highest BCUT2D eigenvalue weighted by molar-refractivity contribution is 4.84. The Hall–Kier alpha value is -0.160. The molecule has 0 amide bonds. The predicted octanol–water partition coefficient (Wildman–Crippen LogP) is 1.09. The Morgan fingerprint density at radius 3 is 2.27 bits per heavy atom. The molecule has 0 aromatic carbocycles. The molecule has 0 bridgehead atoms. The van der Waals surface area contributed by atoms with E-state index in [-0.39, 0.29) is 0 Å². The summed E-state index contributed by atoms with van der Waals surface area (Å²) in [6.45, 7) is 9.69. The Morgan fingerprint density at radius 2 is 1.80 bits per heavy atom. The van der Waals surface area contributed by atoms with Crippen LogP contribution < -0.4 is 5.32 Å². The zero-order chi connectivity index (χ0) is 11.7. The minimum absolute atomic E-state index is 0.482. The maximum Gasteiger partial charge on any atom is 0.101 e. The van der Waals surface area contributed by atoms with E-state index < -0.39 is 0 Å². The molecule has 0 unspecified atom stereocenters. The summed E-state index contributed by atoms with van der Waals surface area (Å²) in [5, 5.41) is 3.34. The predicted molar refractivity (Wildman–Crippen MR) is 62.5 cm³/mol. The molecule has 4 heteroatoms. The van der Waals surface area contributed by atoms with Crippen molar-refractivity contribution < 1.29 is 9.47 Å². The summed E-state index contributed by atoms with van der Waals surface area (Å²) in [5.41, 5.74) is 0. The summed E-state index contributed by atoms with van der Waals surface area (Å²) in [5.74, 6) is 0. The topological polar surface area (TPSA) is 33.7 Å². The standard InChI is InChI=1S/C11H25N2O2/c1-10(2)13(7-9-15-5)11(3)12-6-8-14-4/h10,12H,6-9H2,1-5H3. The highest BCUT2D eigenvalue weighted by Crippen LogP contribution is 2.08. The van der Waals surface area contributed by atoms with Crippen LogP contribution in [0.1, 0.15) is 20.8 Å². The van der Waals surface area contributed by atoms with Crippen LogP contribution in [-0.2, 0) is 9.47 Å². The van der Waals surface area contributed by atoms with E-state index in [9.17, 15) is 0 Å². The van der Waals surface area contributed by atoms with E-state index in [0.29, 0.717) is 6.04 Å². The minimum Gasteiger partial charge on any atom is -0.383 e. The van der Waals surface area contributed by atoms with Gasteiger partial charge in [0, 0.05) is 33.4 Å². The van der Waals surface area contributed by atoms with Gasteiger partial charge in [0.05, 0.1) is 13.2 Å². The average Bonchev–Trinajstić information content (AvgIpc) is 2.18. The van der Waals surface area contributed by atoms with Gasteiger partial charge < -0.3 is 9.47 Å². The van der Waals surface area contributed by atoms with Gasteiger partial charge in [-0.15, -0.1) is 0 Å². The molecule has 0 aliphatic carbocycles. The van der Waals surface area contributed by atoms with E-state index in [4.69, 9.17) is 9.47 Å². The van der Waals surface area contributed by atoms with Crippen LogP contribution in [0.2, 0.25) is 0 Å². The van der Waals surface area contributed by atoms with E-state index >= 15 is 0 Å². The van der Waals surface area contributed by atoms with Crippen LogP contribution in [0.25, 0.3) is 0 Å². The summed E-state index contributed by atoms with van der Waals surface area (Å²) < 4.78 is 10.1. The molecule has 4 nitrogen and oxygen atoms in total. The van der Waals surface area contributed by atoms with Crippen LogP contribution in [0.5, 0.6) is 0 Å². The second-order valence-electron chi connectivity index (χ2n) is 3.78. The number of rotatable bonds is 9. The fourth-order valence-electron chi connectivity index (χ4n) is 1.44. The van der Waals surface area contributed by atoms with Crippen molar-refractivity contribution in [1.29, 1.82) is 0 Å². The number of nitrogens with zero attached hydrogens (tertiary/aromatic N) is 1. The Kier molecular flexibility index (Phi) is 9.00. The molecule has 1 N–H and O–H groups in total. The van der Waals surface area contributed by atoms with Crippen molar-refractivity contribution in [3.05, 3.63) is 6.17 Å². The van der Waals surface area contributed by atoms with Gasteiger partial charge in [0.15, 0.2) is 0 Å². The maximum absolute atomic E-state index is 5.09. The van der Waals surface area contributed by atoms with Crippen LogP contribution in [0.3, 0.4) is 0 Å². The van der Waals surface area contributed by atoms with Crippen LogP contribution >= 0.6 is 0 Å². The maximum atomic E-state index is 5.09. The van der Waals surface area contributed by atoms with Crippen LogP contribution in [0, 0.1) is 6.17 Å². The lowest BCUT2D eigenvalue weighted by Gasteiger charge is -2.32. The third-order valence-corrected chi connectivity index (χ3v) is 2.28. The minimum atomic E-state index is 0.482. The molecule has 0 fully saturated rings. The van der Waals surface area contributed by atoms with E-state index in [1.54, 1.807) is 14.2 Å². The van der Waals surface area contributed by atoms with E-state index in [0.717, 1.165) is 26.3 Å². The summed E-state index contributed by atoms with van der Waals surface area (Å²) in [4.78, 5) is 2.29. The van der Waals surface area contributed by atoms with Gasteiger partial charge in [0.25, 0.3) is 0 Å². The lowest BCUT2D eigenvalue weighted by atomic mass is 10.3. The van der Waals surface area contributed by atoms with Crippen molar-refractivity contribution in [2.75, 3.05) is 40.5 Å². The first-order chi connectivity index (χ1) is 7.13. The summed E-state index contributed by atoms with van der Waals surface area (Å²) in [7, 11) is 3.44. The average molecular weight is 217 g/mol. The Balaban J connectivity index is 3.87. The van der Waals surface area contributed by atoms with E-state index in [2.05, 4.69) is 31.0 Å². The van der Waals surface area contributed by atoms with E-state index in [1.807, 2.05) is 0 Å². The molecular formula is C11H25N2O2. The van der Waals surface area contributed by atoms with Gasteiger partial charge in [-0.05, 0) is 20.8 Å². The molecule has 1 radical (unpaired) electrons. The lowest BCUT2D eigenvalue weighted by molar-refractivity contribution is 0.123. The molecule has 0 heterocycles. The fraction of sp³-hybridized carbons (Fsp3) is 0.909. The van der Waals surface area contributed by atoms with Gasteiger partial charge in [0.2, 0.25) is 0 Å². The second kappa shape index (κ2) is 9.09. The summed E-state index contributed by atoms with van der Waals surface area (Å²) >= 11 is 0. The van der Waals surface area contributed by atoms with Crippen LogP contribution in [0.4, 0.5) is 0 Å². The molecule has 0 aromatic rings. The highest BCUT2D eigenvalue weighted by atomic mass is 16.5. The molecule has 0 saturated carbocycles. The van der Waals surface area contributed by atoms with Gasteiger partial charge in [-0.2, -0.15) is 0 Å². The van der Waals surface area contributed by atoms with Gasteiger partial charge in [-0.1, -0.05) is 0 Å². The first-order valence-electron chi connectivity index (χ1n) is 5.45. The zero-order valence-electron chi connectivity index (χ0n) is 10.7. The van der Waals surface area contributed by atoms with Crippen LogP contribution in [0.15, 0.2) is 0 Å². The number of methoxy groups -OCH3 is 2. The largest absolute Gasteiger partial charge is 0.383 e. The second-order valence-corrected chi connectivity index (χ2v) is 3.78. The monoisotopic (exact) mass is 217 g/mol. The number of ether oxygens (including phenoxy) is 2. The number of nitrogens with one attached hydrogen (secondary N) is 1. The number of hydrogen-bond donors (Lipinski definition) is 1. The summed E-state index contributed by atoms with van der Waals surface area (Å²) in [6, 6.07) is 0.482.